The summed E-state index contributed by atoms with van der Waals surface area (Å²) in [6.07, 6.45) is 35.8. The third-order valence-electron chi connectivity index (χ3n) is 12.7. The summed E-state index contributed by atoms with van der Waals surface area (Å²) >= 11 is 0. The Morgan fingerprint density at radius 3 is 1.21 bits per heavy atom. The van der Waals surface area contributed by atoms with Crippen molar-refractivity contribution in [3.8, 4) is 0 Å². The standard InChI is InChI=1S/C48H91NO7/c1-4-6-8-10-12-14-16-22-30-42(45(50)51)32-24-18-20-26-36-48(55,38-28-29-41-56-47(54)44-34-39-49(3)40-35-44)37-27-21-19-25-33-43(46(52)53)31-23-17-15-13-11-9-7-5-2/h42-44,55H,4-41H2,1-3H3,(H,50,51)(H,52,53). The topological polar surface area (TPSA) is 124 Å². The van der Waals surface area contributed by atoms with Crippen LogP contribution in [0.2, 0.25) is 0 Å². The van der Waals surface area contributed by atoms with Gasteiger partial charge in [-0.25, -0.2) is 0 Å². The first-order valence-corrected chi connectivity index (χ1v) is 24.1. The maximum absolute atomic E-state index is 12.6. The molecule has 0 spiro atoms. The molecular formula is C48H91NO7. The van der Waals surface area contributed by atoms with Crippen LogP contribution in [-0.4, -0.2) is 70.5 Å². The molecule has 1 fully saturated rings. The van der Waals surface area contributed by atoms with E-state index in [4.69, 9.17) is 4.74 Å². The number of likely N-dealkylation sites (tertiary alicyclic amines) is 1. The van der Waals surface area contributed by atoms with Gasteiger partial charge in [-0.3, -0.25) is 14.4 Å². The average Bonchev–Trinajstić information content (AvgIpc) is 3.17. The van der Waals surface area contributed by atoms with Gasteiger partial charge in [0.2, 0.25) is 0 Å². The van der Waals surface area contributed by atoms with Gasteiger partial charge in [-0.2, -0.15) is 0 Å². The summed E-state index contributed by atoms with van der Waals surface area (Å²) in [7, 11) is 2.09. The fraction of sp³-hybridized carbons (Fsp3) is 0.938. The largest absolute Gasteiger partial charge is 0.481 e. The van der Waals surface area contributed by atoms with Crippen molar-refractivity contribution in [1.29, 1.82) is 0 Å². The number of carbonyl (C=O) groups is 3. The van der Waals surface area contributed by atoms with Gasteiger partial charge in [0.1, 0.15) is 0 Å². The number of ether oxygens (including phenoxy) is 1. The van der Waals surface area contributed by atoms with Crippen molar-refractivity contribution in [2.24, 2.45) is 17.8 Å². The minimum absolute atomic E-state index is 0.00917. The highest BCUT2D eigenvalue weighted by Crippen LogP contribution is 2.30. The van der Waals surface area contributed by atoms with Crippen molar-refractivity contribution in [3.63, 3.8) is 0 Å². The molecule has 330 valence electrons. The van der Waals surface area contributed by atoms with Gasteiger partial charge in [-0.05, 0) is 90.8 Å². The monoisotopic (exact) mass is 794 g/mol. The number of esters is 1. The Labute approximate surface area is 345 Å². The third-order valence-corrected chi connectivity index (χ3v) is 12.7. The van der Waals surface area contributed by atoms with Crippen molar-refractivity contribution in [1.82, 2.24) is 4.90 Å². The molecule has 0 aliphatic carbocycles. The summed E-state index contributed by atoms with van der Waals surface area (Å²) in [5, 5.41) is 31.4. The average molecular weight is 794 g/mol. The summed E-state index contributed by atoms with van der Waals surface area (Å²) in [6, 6.07) is 0. The van der Waals surface area contributed by atoms with Gasteiger partial charge in [0, 0.05) is 0 Å². The van der Waals surface area contributed by atoms with Crippen molar-refractivity contribution in [2.75, 3.05) is 26.7 Å². The Morgan fingerprint density at radius 2 is 0.857 bits per heavy atom. The van der Waals surface area contributed by atoms with Gasteiger partial charge in [0.05, 0.1) is 30.0 Å². The predicted octanol–water partition coefficient (Wildman–Crippen LogP) is 12.9. The third kappa shape index (κ3) is 28.7. The number of hydrogen-bond donors (Lipinski definition) is 3. The Bertz CT molecular complexity index is 900. The second-order valence-corrected chi connectivity index (χ2v) is 17.9. The maximum atomic E-state index is 12.6. The molecular weight excluding hydrogens is 703 g/mol. The Morgan fingerprint density at radius 1 is 0.536 bits per heavy atom. The number of nitrogens with zero attached hydrogens (tertiary/aromatic N) is 1. The highest BCUT2D eigenvalue weighted by molar-refractivity contribution is 5.72. The van der Waals surface area contributed by atoms with Gasteiger partial charge >= 0.3 is 17.9 Å². The molecule has 2 atom stereocenters. The lowest BCUT2D eigenvalue weighted by Gasteiger charge is -2.29. The quantitative estimate of drug-likeness (QED) is 0.0414. The van der Waals surface area contributed by atoms with Gasteiger partial charge in [0.15, 0.2) is 0 Å². The smallest absolute Gasteiger partial charge is 0.309 e. The number of unbranched alkanes of at least 4 members (excludes halogenated alkanes) is 21. The first-order chi connectivity index (χ1) is 27.1. The Kier molecular flexibility index (Phi) is 33.0. The van der Waals surface area contributed by atoms with E-state index in [2.05, 4.69) is 25.8 Å². The minimum atomic E-state index is -0.752. The van der Waals surface area contributed by atoms with Crippen molar-refractivity contribution in [2.45, 2.75) is 244 Å². The van der Waals surface area contributed by atoms with Crippen LogP contribution in [0, 0.1) is 17.8 Å². The Balaban J connectivity index is 2.44. The molecule has 0 amide bonds. The lowest BCUT2D eigenvalue weighted by atomic mass is 9.85. The van der Waals surface area contributed by atoms with Crippen molar-refractivity contribution in [3.05, 3.63) is 0 Å². The van der Waals surface area contributed by atoms with E-state index in [1.54, 1.807) is 0 Å². The molecule has 2 unspecified atom stereocenters. The van der Waals surface area contributed by atoms with Crippen LogP contribution >= 0.6 is 0 Å². The molecule has 1 heterocycles. The molecule has 1 aliphatic heterocycles. The van der Waals surface area contributed by atoms with E-state index < -0.39 is 17.5 Å². The van der Waals surface area contributed by atoms with Gasteiger partial charge in [0.25, 0.3) is 0 Å². The molecule has 0 aromatic carbocycles. The first kappa shape index (κ1) is 52.3. The number of carboxylic acid groups (broad SMARTS) is 2. The van der Waals surface area contributed by atoms with Crippen LogP contribution in [0.3, 0.4) is 0 Å². The molecule has 8 heteroatoms. The van der Waals surface area contributed by atoms with E-state index in [1.165, 1.54) is 77.0 Å². The fourth-order valence-corrected chi connectivity index (χ4v) is 8.69. The molecule has 56 heavy (non-hydrogen) atoms. The fourth-order valence-electron chi connectivity index (χ4n) is 8.69. The van der Waals surface area contributed by atoms with Crippen LogP contribution < -0.4 is 0 Å². The molecule has 0 bridgehead atoms. The minimum Gasteiger partial charge on any atom is -0.481 e. The lowest BCUT2D eigenvalue weighted by Crippen LogP contribution is -2.34. The van der Waals surface area contributed by atoms with Crippen LogP contribution in [-0.2, 0) is 19.1 Å². The number of hydrogen-bond acceptors (Lipinski definition) is 6. The SMILES string of the molecule is CCCCCCCCCCC(CCCCCCC(O)(CCCCCCC(CCCCCCCCCC)C(=O)O)CCCCOC(=O)C1CCN(C)CC1)C(=O)O. The highest BCUT2D eigenvalue weighted by atomic mass is 16.5. The summed E-state index contributed by atoms with van der Waals surface area (Å²) < 4.78 is 5.64. The molecule has 1 saturated heterocycles. The van der Waals surface area contributed by atoms with Crippen molar-refractivity contribution < 1.29 is 34.4 Å². The van der Waals surface area contributed by atoms with E-state index in [0.717, 1.165) is 154 Å². The number of aliphatic carboxylic acids is 2. The second kappa shape index (κ2) is 35.3. The van der Waals surface area contributed by atoms with Gasteiger partial charge in [-0.1, -0.05) is 168 Å². The second-order valence-electron chi connectivity index (χ2n) is 17.9. The van der Waals surface area contributed by atoms with Gasteiger partial charge in [-0.15, -0.1) is 0 Å². The molecule has 1 aliphatic rings. The molecule has 0 aromatic rings. The number of carboxylic acids is 2. The van der Waals surface area contributed by atoms with E-state index in [1.807, 2.05) is 0 Å². The summed E-state index contributed by atoms with van der Waals surface area (Å²) in [5.41, 5.74) is -0.752. The van der Waals surface area contributed by atoms with Crippen molar-refractivity contribution >= 4 is 17.9 Å². The number of rotatable bonds is 40. The number of aliphatic hydroxyl groups is 1. The number of piperidine rings is 1. The normalized spacial score (nSPS) is 16.1. The molecule has 3 N–H and O–H groups in total. The predicted molar refractivity (Wildman–Crippen MR) is 232 cm³/mol. The van der Waals surface area contributed by atoms with Crippen LogP contribution in [0.5, 0.6) is 0 Å². The van der Waals surface area contributed by atoms with E-state index in [0.29, 0.717) is 13.0 Å². The first-order valence-electron chi connectivity index (χ1n) is 24.1. The molecule has 1 rings (SSSR count). The van der Waals surface area contributed by atoms with E-state index in [9.17, 15) is 29.7 Å². The van der Waals surface area contributed by atoms with Crippen LogP contribution in [0.25, 0.3) is 0 Å². The lowest BCUT2D eigenvalue weighted by molar-refractivity contribution is -0.150. The molecule has 0 aromatic heterocycles. The molecule has 0 radical (unpaired) electrons. The summed E-state index contributed by atoms with van der Waals surface area (Å²) in [5.74, 6) is -1.84. The maximum Gasteiger partial charge on any atom is 0.309 e. The summed E-state index contributed by atoms with van der Waals surface area (Å²) in [4.78, 5) is 38.6. The number of carbonyl (C=O) groups excluding carboxylic acids is 1. The van der Waals surface area contributed by atoms with Crippen LogP contribution in [0.4, 0.5) is 0 Å². The highest BCUT2D eigenvalue weighted by Gasteiger charge is 2.27. The molecule has 8 nitrogen and oxygen atoms in total. The van der Waals surface area contributed by atoms with Crippen LogP contribution in [0.15, 0.2) is 0 Å². The Hall–Kier alpha value is -1.67. The summed E-state index contributed by atoms with van der Waals surface area (Å²) in [6.45, 7) is 6.75. The zero-order valence-corrected chi connectivity index (χ0v) is 37.0. The zero-order chi connectivity index (χ0) is 41.1. The van der Waals surface area contributed by atoms with Crippen LogP contribution in [0.1, 0.15) is 239 Å². The van der Waals surface area contributed by atoms with E-state index >= 15 is 0 Å². The van der Waals surface area contributed by atoms with E-state index in [-0.39, 0.29) is 23.7 Å². The van der Waals surface area contributed by atoms with Gasteiger partial charge < -0.3 is 25.0 Å². The molecule has 0 saturated carbocycles. The zero-order valence-electron chi connectivity index (χ0n) is 37.0.